The van der Waals surface area contributed by atoms with E-state index in [0.29, 0.717) is 12.3 Å². The summed E-state index contributed by atoms with van der Waals surface area (Å²) in [6.07, 6.45) is 4.24. The normalized spacial score (nSPS) is 43.0. The molecule has 3 fully saturated rings. The third-order valence-corrected chi connectivity index (χ3v) is 3.01. The quantitative estimate of drug-likeness (QED) is 0.631. The van der Waals surface area contributed by atoms with Crippen LogP contribution in [0.3, 0.4) is 0 Å². The summed E-state index contributed by atoms with van der Waals surface area (Å²) in [5.41, 5.74) is 0. The molecule has 0 aliphatic heterocycles. The van der Waals surface area contributed by atoms with E-state index in [0.717, 1.165) is 11.8 Å². The number of rotatable bonds is 2. The molecule has 0 heterocycles. The summed E-state index contributed by atoms with van der Waals surface area (Å²) in [6.45, 7) is 0. The van der Waals surface area contributed by atoms with Crippen LogP contribution in [-0.4, -0.2) is 11.1 Å². The third-order valence-electron chi connectivity index (χ3n) is 3.01. The third kappa shape index (κ3) is 0.825. The van der Waals surface area contributed by atoms with Gasteiger partial charge >= 0.3 is 5.97 Å². The Morgan fingerprint density at radius 2 is 2.10 bits per heavy atom. The van der Waals surface area contributed by atoms with Crippen LogP contribution in [0.1, 0.15) is 25.7 Å². The zero-order valence-electron chi connectivity index (χ0n) is 5.92. The standard InChI is InChI=1S/C8H12O2/c9-8(10)4-7-3-5-1-6(7)2-5/h5-7H,1-4H2,(H,9,10). The van der Waals surface area contributed by atoms with Crippen molar-refractivity contribution < 1.29 is 9.90 Å². The number of carbonyl (C=O) groups is 1. The van der Waals surface area contributed by atoms with Gasteiger partial charge in [-0.2, -0.15) is 0 Å². The molecule has 1 atom stereocenters. The van der Waals surface area contributed by atoms with E-state index in [4.69, 9.17) is 5.11 Å². The van der Waals surface area contributed by atoms with Crippen molar-refractivity contribution in [2.45, 2.75) is 25.7 Å². The van der Waals surface area contributed by atoms with Gasteiger partial charge in [-0.05, 0) is 37.0 Å². The summed E-state index contributed by atoms with van der Waals surface area (Å²) < 4.78 is 0. The maximum absolute atomic E-state index is 10.3. The molecule has 0 aromatic carbocycles. The van der Waals surface area contributed by atoms with E-state index < -0.39 is 5.97 Å². The SMILES string of the molecule is O=C(O)CC1CC2CC1C2. The predicted molar refractivity (Wildman–Crippen MR) is 36.6 cm³/mol. The zero-order valence-corrected chi connectivity index (χ0v) is 5.92. The Bertz CT molecular complexity index is 159. The zero-order chi connectivity index (χ0) is 7.14. The Morgan fingerprint density at radius 3 is 2.50 bits per heavy atom. The second-order valence-corrected chi connectivity index (χ2v) is 3.69. The van der Waals surface area contributed by atoms with Gasteiger partial charge in [-0.1, -0.05) is 0 Å². The maximum atomic E-state index is 10.3. The lowest BCUT2D eigenvalue weighted by Crippen LogP contribution is -2.15. The molecule has 3 aliphatic carbocycles. The summed E-state index contributed by atoms with van der Waals surface area (Å²) in [6, 6.07) is 0. The lowest BCUT2D eigenvalue weighted by atomic mass is 9.82. The summed E-state index contributed by atoms with van der Waals surface area (Å²) >= 11 is 0. The summed E-state index contributed by atoms with van der Waals surface area (Å²) in [5.74, 6) is 1.59. The Balaban J connectivity index is 1.89. The average molecular weight is 140 g/mol. The molecule has 2 bridgehead atoms. The van der Waals surface area contributed by atoms with Gasteiger partial charge in [0.05, 0.1) is 0 Å². The Kier molecular flexibility index (Phi) is 1.22. The summed E-state index contributed by atoms with van der Waals surface area (Å²) in [4.78, 5) is 10.3. The van der Waals surface area contributed by atoms with Gasteiger partial charge in [0.1, 0.15) is 0 Å². The largest absolute Gasteiger partial charge is 0.481 e. The molecule has 1 unspecified atom stereocenters. The molecule has 2 heteroatoms. The summed E-state index contributed by atoms with van der Waals surface area (Å²) in [7, 11) is 0. The van der Waals surface area contributed by atoms with Crippen LogP contribution in [0.5, 0.6) is 0 Å². The average Bonchev–Trinajstić information content (AvgIpc) is 2.16. The molecule has 0 radical (unpaired) electrons. The topological polar surface area (TPSA) is 37.3 Å². The van der Waals surface area contributed by atoms with E-state index in [-0.39, 0.29) is 0 Å². The highest BCUT2D eigenvalue weighted by molar-refractivity contribution is 5.67. The fourth-order valence-electron chi connectivity index (χ4n) is 2.46. The van der Waals surface area contributed by atoms with Crippen LogP contribution in [0.25, 0.3) is 0 Å². The van der Waals surface area contributed by atoms with E-state index in [2.05, 4.69) is 0 Å². The van der Waals surface area contributed by atoms with Crippen molar-refractivity contribution in [3.05, 3.63) is 0 Å². The van der Waals surface area contributed by atoms with Gasteiger partial charge in [0.15, 0.2) is 0 Å². The summed E-state index contributed by atoms with van der Waals surface area (Å²) in [5, 5.41) is 8.51. The molecular weight excluding hydrogens is 128 g/mol. The smallest absolute Gasteiger partial charge is 0.303 e. The fraction of sp³-hybridized carbons (Fsp3) is 0.875. The molecule has 3 aliphatic rings. The van der Waals surface area contributed by atoms with E-state index in [1.54, 1.807) is 0 Å². The predicted octanol–water partition coefficient (Wildman–Crippen LogP) is 1.51. The first kappa shape index (κ1) is 6.20. The lowest BCUT2D eigenvalue weighted by Gasteiger charge is -2.23. The van der Waals surface area contributed by atoms with Crippen LogP contribution in [0, 0.1) is 17.8 Å². The van der Waals surface area contributed by atoms with E-state index in [1.165, 1.54) is 19.3 Å². The van der Waals surface area contributed by atoms with Crippen LogP contribution in [0.15, 0.2) is 0 Å². The number of carboxylic acids is 1. The molecule has 0 aromatic heterocycles. The highest BCUT2D eigenvalue weighted by Gasteiger charge is 2.44. The molecule has 3 saturated carbocycles. The monoisotopic (exact) mass is 140 g/mol. The Morgan fingerprint density at radius 1 is 1.40 bits per heavy atom. The highest BCUT2D eigenvalue weighted by Crippen LogP contribution is 2.53. The van der Waals surface area contributed by atoms with Gasteiger partial charge < -0.3 is 5.11 Å². The Labute approximate surface area is 60.2 Å². The minimum absolute atomic E-state index is 0.418. The van der Waals surface area contributed by atoms with Crippen molar-refractivity contribution in [2.75, 3.05) is 0 Å². The first-order valence-electron chi connectivity index (χ1n) is 3.97. The molecule has 10 heavy (non-hydrogen) atoms. The number of fused-ring (bicyclic) bond motifs is 1. The van der Waals surface area contributed by atoms with Crippen molar-refractivity contribution in [3.8, 4) is 0 Å². The molecule has 0 aromatic rings. The Hall–Kier alpha value is -0.530. The number of hydrogen-bond acceptors (Lipinski definition) is 1. The first-order valence-corrected chi connectivity index (χ1v) is 3.97. The molecule has 2 nitrogen and oxygen atoms in total. The fourth-order valence-corrected chi connectivity index (χ4v) is 2.46. The highest BCUT2D eigenvalue weighted by atomic mass is 16.4. The van der Waals surface area contributed by atoms with Crippen LogP contribution in [0.4, 0.5) is 0 Å². The van der Waals surface area contributed by atoms with E-state index in [1.807, 2.05) is 0 Å². The molecular formula is C8H12O2. The number of hydrogen-bond donors (Lipinski definition) is 1. The number of aliphatic carboxylic acids is 1. The molecule has 1 N–H and O–H groups in total. The molecule has 3 rings (SSSR count). The van der Waals surface area contributed by atoms with Crippen molar-refractivity contribution in [2.24, 2.45) is 17.8 Å². The first-order chi connectivity index (χ1) is 4.75. The van der Waals surface area contributed by atoms with Gasteiger partial charge in [0.25, 0.3) is 0 Å². The molecule has 0 saturated heterocycles. The minimum Gasteiger partial charge on any atom is -0.481 e. The van der Waals surface area contributed by atoms with Gasteiger partial charge in [-0.3, -0.25) is 4.79 Å². The van der Waals surface area contributed by atoms with Crippen LogP contribution in [0.2, 0.25) is 0 Å². The second kappa shape index (κ2) is 1.97. The van der Waals surface area contributed by atoms with Crippen LogP contribution < -0.4 is 0 Å². The van der Waals surface area contributed by atoms with Crippen molar-refractivity contribution in [1.82, 2.24) is 0 Å². The van der Waals surface area contributed by atoms with Crippen molar-refractivity contribution >= 4 is 5.97 Å². The van der Waals surface area contributed by atoms with Gasteiger partial charge in [-0.25, -0.2) is 0 Å². The van der Waals surface area contributed by atoms with Crippen LogP contribution in [-0.2, 0) is 4.79 Å². The lowest BCUT2D eigenvalue weighted by molar-refractivity contribution is -0.138. The molecule has 56 valence electrons. The van der Waals surface area contributed by atoms with Crippen LogP contribution >= 0.6 is 0 Å². The molecule has 0 spiro atoms. The van der Waals surface area contributed by atoms with Gasteiger partial charge in [0, 0.05) is 6.42 Å². The van der Waals surface area contributed by atoms with E-state index in [9.17, 15) is 4.79 Å². The van der Waals surface area contributed by atoms with E-state index >= 15 is 0 Å². The van der Waals surface area contributed by atoms with Crippen molar-refractivity contribution in [3.63, 3.8) is 0 Å². The molecule has 0 amide bonds. The maximum Gasteiger partial charge on any atom is 0.303 e. The van der Waals surface area contributed by atoms with Gasteiger partial charge in [-0.15, -0.1) is 0 Å². The van der Waals surface area contributed by atoms with Crippen molar-refractivity contribution in [1.29, 1.82) is 0 Å². The second-order valence-electron chi connectivity index (χ2n) is 3.69. The van der Waals surface area contributed by atoms with Gasteiger partial charge in [0.2, 0.25) is 0 Å². The minimum atomic E-state index is -0.613. The number of carboxylic acid groups (broad SMARTS) is 1.